The lowest BCUT2D eigenvalue weighted by atomic mass is 10.1. The third kappa shape index (κ3) is 5.56. The first-order valence-electron chi connectivity index (χ1n) is 9.72. The van der Waals surface area contributed by atoms with E-state index < -0.39 is 10.2 Å². The molecule has 29 heavy (non-hydrogen) atoms. The van der Waals surface area contributed by atoms with Crippen molar-refractivity contribution in [1.82, 2.24) is 8.61 Å². The van der Waals surface area contributed by atoms with Crippen molar-refractivity contribution in [3.63, 3.8) is 0 Å². The van der Waals surface area contributed by atoms with E-state index >= 15 is 0 Å². The molecule has 0 aromatic heterocycles. The highest BCUT2D eigenvalue weighted by molar-refractivity contribution is 7.86. The lowest BCUT2D eigenvalue weighted by Crippen LogP contribution is -2.51. The Morgan fingerprint density at radius 2 is 1.69 bits per heavy atom. The number of nitrogens with one attached hydrogen (secondary N) is 1. The maximum Gasteiger partial charge on any atom is 0.282 e. The van der Waals surface area contributed by atoms with Gasteiger partial charge in [-0.2, -0.15) is 17.0 Å². The number of anilines is 1. The zero-order valence-corrected chi connectivity index (χ0v) is 17.6. The molecule has 0 saturated carbocycles. The Bertz CT molecular complexity index is 927. The molecule has 0 radical (unpaired) electrons. The number of ether oxygens (including phenoxy) is 1. The second kappa shape index (κ2) is 9.39. The molecule has 8 heteroatoms. The normalized spacial score (nSPS) is 17.0. The van der Waals surface area contributed by atoms with E-state index in [1.54, 1.807) is 24.3 Å². The summed E-state index contributed by atoms with van der Waals surface area (Å²) in [5.41, 5.74) is 2.66. The number of nitrogens with zero attached hydrogens (tertiary/aromatic N) is 2. The Morgan fingerprint density at radius 1 is 1.03 bits per heavy atom. The molecule has 1 N–H and O–H groups in total. The molecule has 0 aliphatic carbocycles. The molecule has 2 aromatic carbocycles. The molecule has 0 bridgehead atoms. The van der Waals surface area contributed by atoms with Crippen LogP contribution >= 0.6 is 0 Å². The zero-order chi connectivity index (χ0) is 20.9. The fourth-order valence-electron chi connectivity index (χ4n) is 3.20. The van der Waals surface area contributed by atoms with Gasteiger partial charge < -0.3 is 10.1 Å². The number of carbonyl (C=O) groups is 1. The molecule has 1 amide bonds. The SMILES string of the molecule is CCOc1ccc(NC(=O)CN2CCCN(Cc3ccc(C)cc3)S2(=O)=O)cc1. The average Bonchev–Trinajstić information content (AvgIpc) is 2.68. The van der Waals surface area contributed by atoms with Gasteiger partial charge in [-0.25, -0.2) is 0 Å². The van der Waals surface area contributed by atoms with Gasteiger partial charge in [-0.15, -0.1) is 0 Å². The van der Waals surface area contributed by atoms with Crippen LogP contribution in [0.3, 0.4) is 0 Å². The number of rotatable bonds is 7. The van der Waals surface area contributed by atoms with Gasteiger partial charge in [-0.1, -0.05) is 29.8 Å². The number of aryl methyl sites for hydroxylation is 1. The molecule has 0 atom stereocenters. The molecule has 1 heterocycles. The van der Waals surface area contributed by atoms with E-state index in [0.717, 1.165) is 16.9 Å². The topological polar surface area (TPSA) is 79.0 Å². The summed E-state index contributed by atoms with van der Waals surface area (Å²) >= 11 is 0. The van der Waals surface area contributed by atoms with Crippen LogP contribution in [0.1, 0.15) is 24.5 Å². The summed E-state index contributed by atoms with van der Waals surface area (Å²) in [6.07, 6.45) is 0.682. The van der Waals surface area contributed by atoms with Crippen LogP contribution in [0.15, 0.2) is 48.5 Å². The van der Waals surface area contributed by atoms with E-state index in [1.165, 1.54) is 8.61 Å². The van der Waals surface area contributed by atoms with Gasteiger partial charge in [0.25, 0.3) is 10.2 Å². The summed E-state index contributed by atoms with van der Waals surface area (Å²) in [5.74, 6) is 0.353. The molecule has 2 aromatic rings. The third-order valence-electron chi connectivity index (χ3n) is 4.72. The summed E-state index contributed by atoms with van der Waals surface area (Å²) in [6, 6.07) is 14.8. The molecule has 7 nitrogen and oxygen atoms in total. The van der Waals surface area contributed by atoms with Crippen LogP contribution in [0, 0.1) is 6.92 Å². The van der Waals surface area contributed by atoms with Gasteiger partial charge in [0.05, 0.1) is 13.2 Å². The van der Waals surface area contributed by atoms with Crippen molar-refractivity contribution in [1.29, 1.82) is 0 Å². The molecule has 156 valence electrons. The number of benzene rings is 2. The standard InChI is InChI=1S/C21H27N3O4S/c1-3-28-20-11-9-19(10-12-20)22-21(25)16-24-14-4-13-23(29(24,26)27)15-18-7-5-17(2)6-8-18/h5-12H,3-4,13-16H2,1-2H3,(H,22,25). The first-order chi connectivity index (χ1) is 13.9. The molecule has 1 fully saturated rings. The van der Waals surface area contributed by atoms with E-state index in [2.05, 4.69) is 5.32 Å². The third-order valence-corrected chi connectivity index (χ3v) is 6.64. The minimum absolute atomic E-state index is 0.208. The van der Waals surface area contributed by atoms with Crippen molar-refractivity contribution in [2.24, 2.45) is 0 Å². The van der Waals surface area contributed by atoms with Crippen molar-refractivity contribution >= 4 is 21.8 Å². The first kappa shape index (κ1) is 21.3. The molecular formula is C21H27N3O4S. The maximum absolute atomic E-state index is 12.9. The summed E-state index contributed by atoms with van der Waals surface area (Å²) < 4.78 is 33.9. The van der Waals surface area contributed by atoms with Crippen LogP contribution in [0.2, 0.25) is 0 Å². The van der Waals surface area contributed by atoms with Crippen LogP contribution in [0.5, 0.6) is 5.75 Å². The average molecular weight is 418 g/mol. The van der Waals surface area contributed by atoms with E-state index in [-0.39, 0.29) is 12.5 Å². The van der Waals surface area contributed by atoms with E-state index in [4.69, 9.17) is 4.74 Å². The summed E-state index contributed by atoms with van der Waals surface area (Å²) in [4.78, 5) is 12.4. The number of hydrogen-bond acceptors (Lipinski definition) is 4. The van der Waals surface area contributed by atoms with Gasteiger partial charge in [0.2, 0.25) is 5.91 Å². The molecule has 3 rings (SSSR count). The van der Waals surface area contributed by atoms with E-state index in [1.807, 2.05) is 38.1 Å². The smallest absolute Gasteiger partial charge is 0.282 e. The Hall–Kier alpha value is -2.42. The minimum Gasteiger partial charge on any atom is -0.494 e. The largest absolute Gasteiger partial charge is 0.494 e. The van der Waals surface area contributed by atoms with Crippen molar-refractivity contribution in [3.05, 3.63) is 59.7 Å². The van der Waals surface area contributed by atoms with Crippen LogP contribution in [0.4, 0.5) is 5.69 Å². The highest BCUT2D eigenvalue weighted by atomic mass is 32.2. The Kier molecular flexibility index (Phi) is 6.89. The Balaban J connectivity index is 1.61. The summed E-state index contributed by atoms with van der Waals surface area (Å²) in [6.45, 7) is 5.34. The predicted molar refractivity (Wildman–Crippen MR) is 113 cm³/mol. The molecular weight excluding hydrogens is 390 g/mol. The Morgan fingerprint density at radius 3 is 2.34 bits per heavy atom. The van der Waals surface area contributed by atoms with Gasteiger partial charge >= 0.3 is 0 Å². The van der Waals surface area contributed by atoms with Crippen molar-refractivity contribution in [3.8, 4) is 5.75 Å². The lowest BCUT2D eigenvalue weighted by molar-refractivity contribution is -0.116. The highest BCUT2D eigenvalue weighted by Crippen LogP contribution is 2.20. The maximum atomic E-state index is 12.9. The fraction of sp³-hybridized carbons (Fsp3) is 0.381. The molecule has 1 aliphatic rings. The van der Waals surface area contributed by atoms with E-state index in [9.17, 15) is 13.2 Å². The van der Waals surface area contributed by atoms with Crippen molar-refractivity contribution in [2.75, 3.05) is 31.6 Å². The monoisotopic (exact) mass is 417 g/mol. The van der Waals surface area contributed by atoms with Crippen molar-refractivity contribution in [2.45, 2.75) is 26.8 Å². The highest BCUT2D eigenvalue weighted by Gasteiger charge is 2.34. The van der Waals surface area contributed by atoms with Gasteiger partial charge in [-0.3, -0.25) is 4.79 Å². The second-order valence-corrected chi connectivity index (χ2v) is 8.95. The molecule has 1 saturated heterocycles. The second-order valence-electron chi connectivity index (χ2n) is 7.02. The quantitative estimate of drug-likeness (QED) is 0.751. The summed E-state index contributed by atoms with van der Waals surface area (Å²) in [5, 5.41) is 2.75. The summed E-state index contributed by atoms with van der Waals surface area (Å²) in [7, 11) is -3.69. The number of carbonyl (C=O) groups excluding carboxylic acids is 1. The van der Waals surface area contributed by atoms with Crippen LogP contribution in [-0.4, -0.2) is 49.2 Å². The fourth-order valence-corrected chi connectivity index (χ4v) is 4.84. The van der Waals surface area contributed by atoms with Gasteiger partial charge in [0.15, 0.2) is 0 Å². The zero-order valence-electron chi connectivity index (χ0n) is 16.8. The lowest BCUT2D eigenvalue weighted by Gasteiger charge is -2.34. The van der Waals surface area contributed by atoms with Crippen LogP contribution in [0.25, 0.3) is 0 Å². The number of amides is 1. The van der Waals surface area contributed by atoms with Gasteiger partial charge in [0, 0.05) is 25.3 Å². The number of hydrogen-bond donors (Lipinski definition) is 1. The predicted octanol–water partition coefficient (Wildman–Crippen LogP) is 2.78. The van der Waals surface area contributed by atoms with Gasteiger partial charge in [0.1, 0.15) is 5.75 Å². The van der Waals surface area contributed by atoms with Crippen LogP contribution in [-0.2, 0) is 21.5 Å². The van der Waals surface area contributed by atoms with Crippen molar-refractivity contribution < 1.29 is 17.9 Å². The van der Waals surface area contributed by atoms with Crippen LogP contribution < -0.4 is 10.1 Å². The minimum atomic E-state index is -3.69. The molecule has 1 aliphatic heterocycles. The molecule has 0 unspecified atom stereocenters. The van der Waals surface area contributed by atoms with Gasteiger partial charge in [-0.05, 0) is 50.1 Å². The first-order valence-corrected chi connectivity index (χ1v) is 11.1. The Labute approximate surface area is 172 Å². The molecule has 0 spiro atoms. The van der Waals surface area contributed by atoms with E-state index in [0.29, 0.717) is 38.3 Å².